The fraction of sp³-hybridized carbons (Fsp3) is 0. The fourth-order valence-electron chi connectivity index (χ4n) is 1.13. The van der Waals surface area contributed by atoms with Crippen LogP contribution in [0.2, 0.25) is 0 Å². The average Bonchev–Trinajstić information content (AvgIpc) is 2.05. The summed E-state index contributed by atoms with van der Waals surface area (Å²) >= 11 is 0. The van der Waals surface area contributed by atoms with E-state index in [2.05, 4.69) is 48.5 Å². The molecule has 0 fully saturated rings. The Morgan fingerprint density at radius 1 is 0.545 bits per heavy atom. The van der Waals surface area contributed by atoms with Gasteiger partial charge in [-0.15, -0.1) is 0 Å². The van der Waals surface area contributed by atoms with Crippen molar-refractivity contribution in [1.29, 1.82) is 0 Å². The van der Waals surface area contributed by atoms with Crippen molar-refractivity contribution in [2.75, 3.05) is 0 Å². The Bertz CT molecular complexity index is 276. The van der Waals surface area contributed by atoms with Gasteiger partial charge in [-0.2, -0.15) is 0 Å². The Morgan fingerprint density at radius 2 is 0.818 bits per heavy atom. The van der Waals surface area contributed by atoms with E-state index >= 15 is 0 Å². The van der Waals surface area contributed by atoms with Gasteiger partial charge in [0.05, 0.1) is 0 Å². The van der Waals surface area contributed by atoms with Gasteiger partial charge in [0.15, 0.2) is 0 Å². The molecular formula is C10H8Th. The summed E-state index contributed by atoms with van der Waals surface area (Å²) in [5.41, 5.74) is 0. The summed E-state index contributed by atoms with van der Waals surface area (Å²) < 4.78 is 0. The summed E-state index contributed by atoms with van der Waals surface area (Å²) in [4.78, 5) is 0. The van der Waals surface area contributed by atoms with Gasteiger partial charge >= 0.3 is 0 Å². The summed E-state index contributed by atoms with van der Waals surface area (Å²) in [5.74, 6) is 0. The second-order valence-corrected chi connectivity index (χ2v) is 2.35. The number of fused-ring (bicyclic) bond motifs is 1. The van der Waals surface area contributed by atoms with E-state index in [1.54, 1.807) is 0 Å². The van der Waals surface area contributed by atoms with Crippen molar-refractivity contribution in [2.24, 2.45) is 0 Å². The van der Waals surface area contributed by atoms with Crippen molar-refractivity contribution in [3.63, 3.8) is 0 Å². The molecule has 0 aliphatic carbocycles. The smallest absolute Gasteiger partial charge is 0 e. The van der Waals surface area contributed by atoms with Gasteiger partial charge in [-0.1, -0.05) is 48.5 Å². The summed E-state index contributed by atoms with van der Waals surface area (Å²) in [5, 5.41) is 2.62. The zero-order valence-electron chi connectivity index (χ0n) is 6.12. The Morgan fingerprint density at radius 3 is 1.09 bits per heavy atom. The molecule has 0 N–H and O–H groups in total. The molecule has 52 valence electrons. The number of benzene rings is 2. The summed E-state index contributed by atoms with van der Waals surface area (Å²) in [6.07, 6.45) is 0. The van der Waals surface area contributed by atoms with E-state index in [9.17, 15) is 0 Å². The van der Waals surface area contributed by atoms with Crippen LogP contribution in [0.3, 0.4) is 0 Å². The fourth-order valence-corrected chi connectivity index (χ4v) is 1.13. The maximum atomic E-state index is 2.12. The second-order valence-electron chi connectivity index (χ2n) is 2.35. The summed E-state index contributed by atoms with van der Waals surface area (Å²) in [6.45, 7) is 0. The first kappa shape index (κ1) is 9.12. The van der Waals surface area contributed by atoms with Crippen LogP contribution in [0.15, 0.2) is 48.5 Å². The maximum absolute atomic E-state index is 2.12. The van der Waals surface area contributed by atoms with Crippen LogP contribution in [0.4, 0.5) is 0 Å². The third-order valence-electron chi connectivity index (χ3n) is 1.66. The van der Waals surface area contributed by atoms with Crippen LogP contribution in [0.5, 0.6) is 0 Å². The van der Waals surface area contributed by atoms with Crippen molar-refractivity contribution in [3.05, 3.63) is 48.5 Å². The van der Waals surface area contributed by atoms with Crippen LogP contribution in [0.25, 0.3) is 10.8 Å². The van der Waals surface area contributed by atoms with Crippen molar-refractivity contribution in [1.82, 2.24) is 0 Å². The molecule has 0 radical (unpaired) electrons. The SMILES string of the molecule is [Th].c1ccc2ccccc2c1. The summed E-state index contributed by atoms with van der Waals surface area (Å²) in [6, 6.07) is 16.7. The monoisotopic (exact) mass is 360 g/mol. The van der Waals surface area contributed by atoms with Gasteiger partial charge in [0.2, 0.25) is 0 Å². The van der Waals surface area contributed by atoms with E-state index in [0.29, 0.717) is 0 Å². The number of hydrogen-bond donors (Lipinski definition) is 0. The van der Waals surface area contributed by atoms with E-state index in [0.717, 1.165) is 0 Å². The predicted octanol–water partition coefficient (Wildman–Crippen LogP) is 2.84. The zero-order chi connectivity index (χ0) is 6.81. The van der Waals surface area contributed by atoms with Crippen LogP contribution < -0.4 is 0 Å². The molecule has 0 saturated carbocycles. The number of rotatable bonds is 0. The first-order chi connectivity index (χ1) is 4.97. The third kappa shape index (κ3) is 1.99. The topological polar surface area (TPSA) is 0 Å². The van der Waals surface area contributed by atoms with Crippen molar-refractivity contribution in [3.8, 4) is 0 Å². The molecule has 0 heterocycles. The van der Waals surface area contributed by atoms with Gasteiger partial charge in [0.25, 0.3) is 0 Å². The molecule has 0 aromatic heterocycles. The van der Waals surface area contributed by atoms with E-state index in [-0.39, 0.29) is 39.9 Å². The van der Waals surface area contributed by atoms with E-state index in [4.69, 9.17) is 0 Å². The molecule has 2 aromatic carbocycles. The van der Waals surface area contributed by atoms with Crippen molar-refractivity contribution in [2.45, 2.75) is 0 Å². The summed E-state index contributed by atoms with van der Waals surface area (Å²) in [7, 11) is 0. The minimum atomic E-state index is 0. The molecular weight excluding hydrogens is 352 g/mol. The Labute approximate surface area is 98.3 Å². The van der Waals surface area contributed by atoms with E-state index in [1.807, 2.05) is 0 Å². The maximum Gasteiger partial charge on any atom is 0 e. The molecule has 2 rings (SSSR count). The van der Waals surface area contributed by atoms with Crippen LogP contribution in [-0.4, -0.2) is 0 Å². The van der Waals surface area contributed by atoms with Gasteiger partial charge in [-0.25, -0.2) is 0 Å². The van der Waals surface area contributed by atoms with Gasteiger partial charge in [-0.3, -0.25) is 0 Å². The van der Waals surface area contributed by atoms with Crippen LogP contribution >= 0.6 is 0 Å². The Balaban J connectivity index is 0.000000605. The normalized spacial score (nSPS) is 9.09. The molecule has 0 unspecified atom stereocenters. The molecule has 1 heteroatoms. The van der Waals surface area contributed by atoms with Crippen molar-refractivity contribution < 1.29 is 39.9 Å². The molecule has 0 aliphatic rings. The quantitative estimate of drug-likeness (QED) is 0.678. The van der Waals surface area contributed by atoms with Crippen LogP contribution in [-0.2, 0) is 0 Å². The average molecular weight is 360 g/mol. The van der Waals surface area contributed by atoms with Gasteiger partial charge < -0.3 is 0 Å². The standard InChI is InChI=1S/C10H8.Th/c1-2-6-10-8-4-3-7-9(10)5-1;/h1-8H;. The van der Waals surface area contributed by atoms with Crippen LogP contribution in [0.1, 0.15) is 0 Å². The zero-order valence-corrected chi connectivity index (χ0v) is 10.2. The first-order valence-corrected chi connectivity index (χ1v) is 3.40. The molecule has 0 amide bonds. The number of hydrogen-bond acceptors (Lipinski definition) is 0. The Kier molecular flexibility index (Phi) is 3.44. The van der Waals surface area contributed by atoms with Crippen molar-refractivity contribution >= 4 is 10.8 Å². The minimum absolute atomic E-state index is 0. The molecule has 2 aromatic rings. The molecule has 0 atom stereocenters. The van der Waals surface area contributed by atoms with Gasteiger partial charge in [-0.05, 0) is 10.8 Å². The van der Waals surface area contributed by atoms with E-state index < -0.39 is 0 Å². The molecule has 0 saturated heterocycles. The molecule has 0 aliphatic heterocycles. The van der Waals surface area contributed by atoms with Crippen LogP contribution in [0, 0.1) is 39.9 Å². The largest absolute Gasteiger partial charge is 0.0616 e. The molecule has 0 bridgehead atoms. The van der Waals surface area contributed by atoms with E-state index in [1.165, 1.54) is 10.8 Å². The molecule has 0 spiro atoms. The predicted molar refractivity (Wildman–Crippen MR) is 43.9 cm³/mol. The minimum Gasteiger partial charge on any atom is -0.0616 e. The second kappa shape index (κ2) is 4.15. The molecule has 0 nitrogen and oxygen atoms in total. The Hall–Kier alpha value is 0.0247. The van der Waals surface area contributed by atoms with Gasteiger partial charge in [0.1, 0.15) is 0 Å². The van der Waals surface area contributed by atoms with Gasteiger partial charge in [0, 0.05) is 39.9 Å². The first-order valence-electron chi connectivity index (χ1n) is 3.40. The molecule has 11 heavy (non-hydrogen) atoms. The third-order valence-corrected chi connectivity index (χ3v) is 1.66.